The van der Waals surface area contributed by atoms with E-state index in [4.69, 9.17) is 29.9 Å². The first-order chi connectivity index (χ1) is 72.9. The van der Waals surface area contributed by atoms with Crippen molar-refractivity contribution in [2.24, 2.45) is 0 Å². The summed E-state index contributed by atoms with van der Waals surface area (Å²) in [7, 11) is 0. The molecule has 147 heavy (non-hydrogen) atoms. The van der Waals surface area contributed by atoms with Crippen LogP contribution in [0.3, 0.4) is 0 Å². The number of pyridine rings is 4. The van der Waals surface area contributed by atoms with Gasteiger partial charge in [-0.25, -0.2) is 24.9 Å². The van der Waals surface area contributed by atoms with Gasteiger partial charge in [0.15, 0.2) is 17.5 Å². The smallest absolute Gasteiger partial charge is 0.164 e. The Hall–Kier alpha value is -19.7. The third-order valence-electron chi connectivity index (χ3n) is 28.3. The van der Waals surface area contributed by atoms with Crippen molar-refractivity contribution < 1.29 is 0 Å². The molecule has 1 aliphatic carbocycles. The van der Waals surface area contributed by atoms with Gasteiger partial charge in [0.2, 0.25) is 0 Å². The van der Waals surface area contributed by atoms with Gasteiger partial charge < -0.3 is 0 Å². The molecule has 686 valence electrons. The number of hydrogen-bond donors (Lipinski definition) is 0. The molecule has 0 aliphatic heterocycles. The Morgan fingerprint density at radius 3 is 1.13 bits per heavy atom. The normalized spacial score (nSPS) is 11.4. The number of benzene rings is 21. The minimum Gasteiger partial charge on any atom is -0.292 e. The van der Waals surface area contributed by atoms with Crippen LogP contribution < -0.4 is 0 Å². The molecule has 0 atom stereocenters. The molecule has 0 radical (unpaired) electrons. The van der Waals surface area contributed by atoms with Gasteiger partial charge in [0, 0.05) is 63.9 Å². The number of nitrogens with zero attached hydrogens (tertiary/aromatic N) is 9. The molecular formula is C138H89N9. The number of imidazole rings is 1. The van der Waals surface area contributed by atoms with Crippen molar-refractivity contribution in [1.29, 1.82) is 0 Å². The van der Waals surface area contributed by atoms with E-state index in [1.807, 2.05) is 103 Å². The molecule has 6 heterocycles. The lowest BCUT2D eigenvalue weighted by molar-refractivity contribution is 1.08. The van der Waals surface area contributed by atoms with Gasteiger partial charge in [-0.1, -0.05) is 413 Å². The zero-order valence-corrected chi connectivity index (χ0v) is 79.9. The van der Waals surface area contributed by atoms with Crippen LogP contribution in [0.1, 0.15) is 0 Å². The van der Waals surface area contributed by atoms with Crippen LogP contribution in [0, 0.1) is 0 Å². The lowest BCUT2D eigenvalue weighted by Crippen LogP contribution is -2.00. The first-order valence-electron chi connectivity index (χ1n) is 49.7. The number of hydrogen-bond acceptors (Lipinski definition) is 8. The van der Waals surface area contributed by atoms with Gasteiger partial charge in [0.25, 0.3) is 0 Å². The Morgan fingerprint density at radius 2 is 0.571 bits per heavy atom. The standard InChI is InChI=1S/C53H34N2.C47H29N3.C38H26N4/c1-2-16-44(17-3-1)55-50-21-11-10-20-49(50)54-53(55)38-26-22-37(23-27-38)41-30-31-47-48(34-41)52(43-29-25-36-13-5-7-15-40(36)33-43)46-19-9-8-18-45(46)51(47)42-28-24-35-12-4-6-14-39(35)32-42;1-5-16-30(17-6-1)40-34-24-13-14-25-35(34)41(31-18-7-2-8-19-31)44-39-29-28-37(36-26-15-27-38(42(36)39)43(40)44)47-49-45(32-20-9-3-10-21-32)48-46(50-47)33-22-11-4-12-23-33;1-2-8-27(9-3-1)28-14-16-29(17-15-28)32-22-33(30-10-7-20-39-25-30)24-34(23-32)31-18-19-36(41-26-31)38-13-6-12-37(42-38)35-11-4-5-21-40-35/h1-34H;1-29H;1-26H. The zero-order valence-electron chi connectivity index (χ0n) is 79.9. The Balaban J connectivity index is 0.000000113. The molecule has 28 rings (SSSR count). The maximum atomic E-state index is 5.13. The molecule has 6 aromatic heterocycles. The lowest BCUT2D eigenvalue weighted by atomic mass is 9.82. The SMILES string of the molecule is c1ccc(-c2ccc(-c3cc(-c4cccnc4)cc(-c4ccc(-c5cccc(-c6ccccn6)n5)nc4)c3)cc2)cc1.c1ccc(-c2nc(-c3ccccc3)nc(-c3ccc4c5c(cccc35)-c3c-4c(-c4ccccc4)c4ccccc4c3-c3ccccc3)n2)cc1.c1ccc(-n2c(-c3ccc(-c4ccc5c(-c6ccc7ccccc7c6)c6ccccc6c(-c6ccc7ccccc7c6)c5c4)cc3)nc3ccccc32)cc1. The molecule has 9 nitrogen and oxygen atoms in total. The Bertz CT molecular complexity index is 9510. The number of aromatic nitrogens is 9. The molecule has 21 aromatic carbocycles. The van der Waals surface area contributed by atoms with E-state index in [2.05, 4.69) is 439 Å². The van der Waals surface area contributed by atoms with Crippen molar-refractivity contribution in [2.45, 2.75) is 0 Å². The average molecular weight is 1870 g/mol. The third kappa shape index (κ3) is 16.7. The van der Waals surface area contributed by atoms with Gasteiger partial charge >= 0.3 is 0 Å². The Labute approximate surface area is 850 Å². The molecule has 0 saturated heterocycles. The number of fused-ring (bicyclic) bond motifs is 9. The fourth-order valence-electron chi connectivity index (χ4n) is 21.4. The van der Waals surface area contributed by atoms with E-state index in [1.165, 1.54) is 143 Å². The van der Waals surface area contributed by atoms with Crippen LogP contribution in [-0.4, -0.2) is 44.4 Å². The van der Waals surface area contributed by atoms with Crippen molar-refractivity contribution in [1.82, 2.24) is 44.4 Å². The second kappa shape index (κ2) is 38.4. The Morgan fingerprint density at radius 1 is 0.170 bits per heavy atom. The van der Waals surface area contributed by atoms with Crippen LogP contribution in [0.25, 0.3) is 272 Å². The van der Waals surface area contributed by atoms with Crippen LogP contribution >= 0.6 is 0 Å². The fraction of sp³-hybridized carbons (Fsp3) is 0. The summed E-state index contributed by atoms with van der Waals surface area (Å²) in [6, 6.07) is 183. The second-order valence-corrected chi connectivity index (χ2v) is 37.1. The third-order valence-corrected chi connectivity index (χ3v) is 28.3. The summed E-state index contributed by atoms with van der Waals surface area (Å²) < 4.78 is 2.26. The minimum atomic E-state index is 0.657. The van der Waals surface area contributed by atoms with E-state index in [-0.39, 0.29) is 0 Å². The Kier molecular flexibility index (Phi) is 22.8. The predicted molar refractivity (Wildman–Crippen MR) is 610 cm³/mol. The van der Waals surface area contributed by atoms with E-state index >= 15 is 0 Å². The fourth-order valence-corrected chi connectivity index (χ4v) is 21.4. The highest BCUT2D eigenvalue weighted by atomic mass is 15.1. The summed E-state index contributed by atoms with van der Waals surface area (Å²) in [4.78, 5) is 38.8. The topological polar surface area (TPSA) is 108 Å². The number of rotatable bonds is 16. The number of para-hydroxylation sites is 3. The molecular weight excluding hydrogens is 1780 g/mol. The van der Waals surface area contributed by atoms with Crippen molar-refractivity contribution in [3.8, 4) is 196 Å². The van der Waals surface area contributed by atoms with Gasteiger partial charge in [-0.2, -0.15) is 0 Å². The van der Waals surface area contributed by atoms with E-state index < -0.39 is 0 Å². The first kappa shape index (κ1) is 87.5. The summed E-state index contributed by atoms with van der Waals surface area (Å²) in [5.41, 5.74) is 36.7. The molecule has 27 aromatic rings. The molecule has 1 aliphatic rings. The van der Waals surface area contributed by atoms with Crippen molar-refractivity contribution >= 4 is 75.7 Å². The highest BCUT2D eigenvalue weighted by molar-refractivity contribution is 6.29. The van der Waals surface area contributed by atoms with E-state index in [0.29, 0.717) is 17.5 Å². The molecule has 0 unspecified atom stereocenters. The summed E-state index contributed by atoms with van der Waals surface area (Å²) in [5, 5.41) is 14.8. The molecule has 9 heteroatoms. The molecule has 0 bridgehead atoms. The van der Waals surface area contributed by atoms with E-state index in [0.717, 1.165) is 112 Å². The molecule has 0 spiro atoms. The van der Waals surface area contributed by atoms with Crippen LogP contribution in [0.2, 0.25) is 0 Å². The lowest BCUT2D eigenvalue weighted by Gasteiger charge is -2.20. The van der Waals surface area contributed by atoms with Crippen LogP contribution in [0.5, 0.6) is 0 Å². The summed E-state index contributed by atoms with van der Waals surface area (Å²) in [5.74, 6) is 2.91. The van der Waals surface area contributed by atoms with Gasteiger partial charge in [0.05, 0.1) is 33.8 Å². The highest BCUT2D eigenvalue weighted by Crippen LogP contribution is 2.59. The predicted octanol–water partition coefficient (Wildman–Crippen LogP) is 35.7. The largest absolute Gasteiger partial charge is 0.292 e. The maximum absolute atomic E-state index is 5.13. The van der Waals surface area contributed by atoms with Crippen molar-refractivity contribution in [2.75, 3.05) is 0 Å². The average Bonchev–Trinajstić information content (AvgIpc) is 1.56. The summed E-state index contributed by atoms with van der Waals surface area (Å²) >= 11 is 0. The van der Waals surface area contributed by atoms with Gasteiger partial charge in [-0.3, -0.25) is 19.5 Å². The summed E-state index contributed by atoms with van der Waals surface area (Å²) in [6.07, 6.45) is 7.41. The van der Waals surface area contributed by atoms with Gasteiger partial charge in [-0.05, 0) is 279 Å². The molecule has 0 amide bonds. The van der Waals surface area contributed by atoms with E-state index in [9.17, 15) is 0 Å². The van der Waals surface area contributed by atoms with Crippen molar-refractivity contribution in [3.05, 3.63) is 540 Å². The zero-order chi connectivity index (χ0) is 97.5. The quantitative estimate of drug-likeness (QED) is 0.0881. The van der Waals surface area contributed by atoms with Crippen LogP contribution in [0.4, 0.5) is 0 Å². The van der Waals surface area contributed by atoms with E-state index in [1.54, 1.807) is 12.4 Å². The maximum Gasteiger partial charge on any atom is 0.164 e. The molecule has 0 fully saturated rings. The van der Waals surface area contributed by atoms with Crippen LogP contribution in [-0.2, 0) is 0 Å². The second-order valence-electron chi connectivity index (χ2n) is 37.1. The highest BCUT2D eigenvalue weighted by Gasteiger charge is 2.33. The first-order valence-corrected chi connectivity index (χ1v) is 49.7. The molecule has 0 N–H and O–H groups in total. The minimum absolute atomic E-state index is 0.657. The monoisotopic (exact) mass is 1870 g/mol. The van der Waals surface area contributed by atoms with Crippen molar-refractivity contribution in [3.63, 3.8) is 0 Å². The van der Waals surface area contributed by atoms with Gasteiger partial charge in [0.1, 0.15) is 5.82 Å². The van der Waals surface area contributed by atoms with Gasteiger partial charge in [-0.15, -0.1) is 0 Å². The molecule has 0 saturated carbocycles. The van der Waals surface area contributed by atoms with Crippen LogP contribution in [0.15, 0.2) is 540 Å². The summed E-state index contributed by atoms with van der Waals surface area (Å²) in [6.45, 7) is 0.